The molecular formula is C9H13NO2. The van der Waals surface area contributed by atoms with Crippen molar-refractivity contribution in [2.24, 2.45) is 5.92 Å². The van der Waals surface area contributed by atoms with Crippen LogP contribution in [0.4, 0.5) is 0 Å². The van der Waals surface area contributed by atoms with Crippen molar-refractivity contribution >= 4 is 0 Å². The van der Waals surface area contributed by atoms with Crippen molar-refractivity contribution in [3.63, 3.8) is 0 Å². The van der Waals surface area contributed by atoms with E-state index in [1.54, 1.807) is 0 Å². The second-order valence-electron chi connectivity index (χ2n) is 3.31. The number of aromatic amines is 1. The molecule has 0 saturated heterocycles. The van der Waals surface area contributed by atoms with Gasteiger partial charge in [0.2, 0.25) is 5.43 Å². The van der Waals surface area contributed by atoms with Gasteiger partial charge in [-0.1, -0.05) is 13.8 Å². The number of aromatic nitrogens is 1. The lowest BCUT2D eigenvalue weighted by atomic mass is 10.1. The van der Waals surface area contributed by atoms with Gasteiger partial charge < -0.3 is 10.1 Å². The third kappa shape index (κ3) is 2.12. The van der Waals surface area contributed by atoms with Gasteiger partial charge in [-0.05, 0) is 12.3 Å². The van der Waals surface area contributed by atoms with Gasteiger partial charge in [-0.2, -0.15) is 0 Å². The van der Waals surface area contributed by atoms with Crippen LogP contribution in [0, 0.1) is 5.92 Å². The van der Waals surface area contributed by atoms with Crippen LogP contribution in [0.2, 0.25) is 0 Å². The summed E-state index contributed by atoms with van der Waals surface area (Å²) in [5.41, 5.74) is 0.553. The molecule has 0 fully saturated rings. The van der Waals surface area contributed by atoms with Gasteiger partial charge in [-0.25, -0.2) is 0 Å². The third-order valence-corrected chi connectivity index (χ3v) is 1.58. The normalized spacial score (nSPS) is 10.6. The summed E-state index contributed by atoms with van der Waals surface area (Å²) >= 11 is 0. The van der Waals surface area contributed by atoms with Crippen LogP contribution < -0.4 is 5.43 Å². The summed E-state index contributed by atoms with van der Waals surface area (Å²) in [6.07, 6.45) is 2.16. The Kier molecular flexibility index (Phi) is 2.53. The summed E-state index contributed by atoms with van der Waals surface area (Å²) in [5, 5.41) is 8.93. The minimum atomic E-state index is -0.315. The summed E-state index contributed by atoms with van der Waals surface area (Å²) in [6.45, 7) is 4.15. The Hall–Kier alpha value is -1.25. The van der Waals surface area contributed by atoms with Gasteiger partial charge in [0.25, 0.3) is 0 Å². The smallest absolute Gasteiger partial charge is 0.223 e. The molecule has 0 amide bonds. The van der Waals surface area contributed by atoms with Crippen molar-refractivity contribution in [1.82, 2.24) is 4.98 Å². The SMILES string of the molecule is CC(C)Cc1cc(=O)c(O)c[nH]1. The minimum Gasteiger partial charge on any atom is -0.503 e. The standard InChI is InChI=1S/C9H13NO2/c1-6(2)3-7-4-8(11)9(12)5-10-7/h4-6,12H,3H2,1-2H3,(H,10,11). The van der Waals surface area contributed by atoms with Gasteiger partial charge in [0.1, 0.15) is 0 Å². The molecule has 0 atom stereocenters. The zero-order chi connectivity index (χ0) is 9.14. The molecule has 1 aromatic heterocycles. The Labute approximate surface area is 71.1 Å². The molecule has 0 aromatic carbocycles. The number of pyridine rings is 1. The van der Waals surface area contributed by atoms with Crippen molar-refractivity contribution in [3.8, 4) is 5.75 Å². The largest absolute Gasteiger partial charge is 0.503 e. The summed E-state index contributed by atoms with van der Waals surface area (Å²) in [5.74, 6) is 0.285. The molecule has 3 nitrogen and oxygen atoms in total. The number of hydrogen-bond acceptors (Lipinski definition) is 2. The lowest BCUT2D eigenvalue weighted by molar-refractivity contribution is 0.466. The molecule has 3 heteroatoms. The van der Waals surface area contributed by atoms with Crippen LogP contribution in [0.3, 0.4) is 0 Å². The van der Waals surface area contributed by atoms with E-state index in [0.717, 1.165) is 12.1 Å². The first-order valence-electron chi connectivity index (χ1n) is 4.00. The maximum Gasteiger partial charge on any atom is 0.223 e. The number of aromatic hydroxyl groups is 1. The Morgan fingerprint density at radius 3 is 2.75 bits per heavy atom. The van der Waals surface area contributed by atoms with Crippen molar-refractivity contribution in [2.45, 2.75) is 20.3 Å². The first kappa shape index (κ1) is 8.84. The molecule has 12 heavy (non-hydrogen) atoms. The molecule has 66 valence electrons. The van der Waals surface area contributed by atoms with Gasteiger partial charge in [0, 0.05) is 18.0 Å². The highest BCUT2D eigenvalue weighted by atomic mass is 16.3. The molecule has 0 radical (unpaired) electrons. The van der Waals surface area contributed by atoms with Crippen LogP contribution in [0.25, 0.3) is 0 Å². The van der Waals surface area contributed by atoms with Crippen molar-refractivity contribution < 1.29 is 5.11 Å². The quantitative estimate of drug-likeness (QED) is 0.697. The zero-order valence-electron chi connectivity index (χ0n) is 7.29. The van der Waals surface area contributed by atoms with E-state index in [1.807, 2.05) is 0 Å². The fraction of sp³-hybridized carbons (Fsp3) is 0.444. The van der Waals surface area contributed by atoms with Gasteiger partial charge in [0.15, 0.2) is 5.75 Å². The second-order valence-corrected chi connectivity index (χ2v) is 3.31. The van der Waals surface area contributed by atoms with Crippen LogP contribution in [-0.4, -0.2) is 10.1 Å². The fourth-order valence-electron chi connectivity index (χ4n) is 1.06. The van der Waals surface area contributed by atoms with Crippen LogP contribution in [-0.2, 0) is 6.42 Å². The highest BCUT2D eigenvalue weighted by Crippen LogP contribution is 2.04. The van der Waals surface area contributed by atoms with E-state index in [2.05, 4.69) is 18.8 Å². The number of H-pyrrole nitrogens is 1. The van der Waals surface area contributed by atoms with Crippen LogP contribution in [0.1, 0.15) is 19.5 Å². The maximum absolute atomic E-state index is 11.0. The van der Waals surface area contributed by atoms with E-state index in [0.29, 0.717) is 5.92 Å². The number of nitrogens with one attached hydrogen (secondary N) is 1. The van der Waals surface area contributed by atoms with Crippen molar-refractivity contribution in [3.05, 3.63) is 28.2 Å². The maximum atomic E-state index is 11.0. The van der Waals surface area contributed by atoms with Gasteiger partial charge in [-0.3, -0.25) is 4.79 Å². The highest BCUT2D eigenvalue weighted by Gasteiger charge is 2.00. The van der Waals surface area contributed by atoms with E-state index in [4.69, 9.17) is 5.11 Å². The number of rotatable bonds is 2. The van der Waals surface area contributed by atoms with Crippen LogP contribution in [0.15, 0.2) is 17.1 Å². The molecule has 1 heterocycles. The molecule has 0 unspecified atom stereocenters. The summed E-state index contributed by atoms with van der Waals surface area (Å²) in [6, 6.07) is 1.44. The fourth-order valence-corrected chi connectivity index (χ4v) is 1.06. The Bertz CT molecular complexity index is 315. The lowest BCUT2D eigenvalue weighted by Gasteiger charge is -2.03. The first-order valence-corrected chi connectivity index (χ1v) is 4.00. The molecule has 0 spiro atoms. The molecule has 0 aliphatic heterocycles. The molecule has 2 N–H and O–H groups in total. The zero-order valence-corrected chi connectivity index (χ0v) is 7.29. The van der Waals surface area contributed by atoms with Gasteiger partial charge >= 0.3 is 0 Å². The summed E-state index contributed by atoms with van der Waals surface area (Å²) in [4.78, 5) is 13.8. The minimum absolute atomic E-state index is 0.220. The third-order valence-electron chi connectivity index (χ3n) is 1.58. The van der Waals surface area contributed by atoms with Crippen molar-refractivity contribution in [1.29, 1.82) is 0 Å². The second kappa shape index (κ2) is 3.43. The average molecular weight is 167 g/mol. The first-order chi connectivity index (χ1) is 5.59. The Morgan fingerprint density at radius 1 is 1.58 bits per heavy atom. The molecule has 0 aliphatic carbocycles. The van der Waals surface area contributed by atoms with Crippen molar-refractivity contribution in [2.75, 3.05) is 0 Å². The monoisotopic (exact) mass is 167 g/mol. The van der Waals surface area contributed by atoms with E-state index in [1.165, 1.54) is 12.3 Å². The molecule has 0 bridgehead atoms. The van der Waals surface area contributed by atoms with Crippen LogP contribution in [0.5, 0.6) is 5.75 Å². The van der Waals surface area contributed by atoms with E-state index in [9.17, 15) is 4.79 Å². The molecule has 1 aromatic rings. The Morgan fingerprint density at radius 2 is 2.25 bits per heavy atom. The van der Waals surface area contributed by atoms with E-state index >= 15 is 0 Å². The van der Waals surface area contributed by atoms with Gasteiger partial charge in [-0.15, -0.1) is 0 Å². The van der Waals surface area contributed by atoms with E-state index in [-0.39, 0.29) is 11.2 Å². The molecule has 0 saturated carbocycles. The predicted molar refractivity (Wildman–Crippen MR) is 47.3 cm³/mol. The average Bonchev–Trinajstić information content (AvgIpc) is 1.96. The lowest BCUT2D eigenvalue weighted by Crippen LogP contribution is -2.05. The van der Waals surface area contributed by atoms with E-state index < -0.39 is 0 Å². The summed E-state index contributed by atoms with van der Waals surface area (Å²) in [7, 11) is 0. The number of hydrogen-bond donors (Lipinski definition) is 2. The van der Waals surface area contributed by atoms with Gasteiger partial charge in [0.05, 0.1) is 0 Å². The summed E-state index contributed by atoms with van der Waals surface area (Å²) < 4.78 is 0. The topological polar surface area (TPSA) is 53.1 Å². The highest BCUT2D eigenvalue weighted by molar-refractivity contribution is 5.18. The molecule has 1 rings (SSSR count). The Balaban J connectivity index is 2.90. The molecular weight excluding hydrogens is 154 g/mol. The predicted octanol–water partition coefficient (Wildman–Crippen LogP) is 1.28. The molecule has 0 aliphatic rings. The van der Waals surface area contributed by atoms with Crippen LogP contribution >= 0.6 is 0 Å².